The Labute approximate surface area is 348 Å². The first kappa shape index (κ1) is 36.9. The van der Waals surface area contributed by atoms with Gasteiger partial charge in [-0.15, -0.1) is 0 Å². The number of fused-ring (bicyclic) bond motifs is 6. The monoisotopic (exact) mass is 784 g/mol. The highest BCUT2D eigenvalue weighted by atomic mass is 16.5. The minimum absolute atomic E-state index is 0.139. The molecule has 2 aromatic heterocycles. The van der Waals surface area contributed by atoms with Crippen LogP contribution in [0.2, 0.25) is 0 Å². The van der Waals surface area contributed by atoms with Crippen molar-refractivity contribution in [2.45, 2.75) is 27.2 Å². The number of aromatic hydroxyl groups is 2. The number of nitrogens with zero attached hydrogens (tertiary/aromatic N) is 2. The van der Waals surface area contributed by atoms with Crippen molar-refractivity contribution in [1.29, 1.82) is 0 Å². The smallest absolute Gasteiger partial charge is 0.147 e. The van der Waals surface area contributed by atoms with Crippen molar-refractivity contribution in [3.8, 4) is 56.6 Å². The van der Waals surface area contributed by atoms with E-state index in [1.54, 1.807) is 0 Å². The van der Waals surface area contributed by atoms with Gasteiger partial charge in [-0.05, 0) is 110 Å². The van der Waals surface area contributed by atoms with Crippen molar-refractivity contribution in [1.82, 2.24) is 9.13 Å². The van der Waals surface area contributed by atoms with Crippen molar-refractivity contribution in [2.24, 2.45) is 0 Å². The summed E-state index contributed by atoms with van der Waals surface area (Å²) in [6.07, 6.45) is 0.612. The number of aromatic nitrogens is 2. The maximum atomic E-state index is 12.6. The lowest BCUT2D eigenvalue weighted by molar-refractivity contribution is 0.248. The van der Waals surface area contributed by atoms with E-state index < -0.39 is 0 Å². The molecule has 10 rings (SSSR count). The predicted octanol–water partition coefficient (Wildman–Crippen LogP) is 13.4. The van der Waals surface area contributed by atoms with Gasteiger partial charge in [0.05, 0.1) is 46.7 Å². The van der Waals surface area contributed by atoms with Crippen molar-refractivity contribution in [3.05, 3.63) is 180 Å². The van der Waals surface area contributed by atoms with E-state index in [4.69, 9.17) is 9.47 Å². The molecular formula is C54H44N2O4. The average Bonchev–Trinajstić information content (AvgIpc) is 3.78. The number of phenolic OH excluding ortho intramolecular Hbond substituents is 2. The van der Waals surface area contributed by atoms with Gasteiger partial charge in [0.25, 0.3) is 0 Å². The van der Waals surface area contributed by atoms with Gasteiger partial charge < -0.3 is 28.8 Å². The molecule has 294 valence electrons. The summed E-state index contributed by atoms with van der Waals surface area (Å²) in [5, 5.41) is 29.6. The maximum Gasteiger partial charge on any atom is 0.147 e. The molecule has 10 aromatic rings. The van der Waals surface area contributed by atoms with Gasteiger partial charge in [-0.3, -0.25) is 0 Å². The molecule has 6 nitrogen and oxygen atoms in total. The third kappa shape index (κ3) is 6.29. The number of rotatable bonds is 10. The van der Waals surface area contributed by atoms with E-state index >= 15 is 0 Å². The lowest BCUT2D eigenvalue weighted by Gasteiger charge is -2.22. The summed E-state index contributed by atoms with van der Waals surface area (Å²) in [5.41, 5.74) is 11.1. The van der Waals surface area contributed by atoms with Crippen molar-refractivity contribution in [3.63, 3.8) is 0 Å². The molecule has 0 aliphatic rings. The summed E-state index contributed by atoms with van der Waals surface area (Å²) in [7, 11) is 0. The normalized spacial score (nSPS) is 11.6. The fourth-order valence-electron chi connectivity index (χ4n) is 8.90. The Kier molecular flexibility index (Phi) is 9.25. The van der Waals surface area contributed by atoms with Gasteiger partial charge in [0.15, 0.2) is 0 Å². The first-order valence-corrected chi connectivity index (χ1v) is 20.5. The molecule has 0 bridgehead atoms. The quantitative estimate of drug-likeness (QED) is 0.136. The summed E-state index contributed by atoms with van der Waals surface area (Å²) in [6.45, 7) is 6.97. The Bertz CT molecular complexity index is 2950. The number of para-hydroxylation sites is 5. The molecule has 0 atom stereocenters. The molecule has 8 aromatic carbocycles. The number of hydrogen-bond donors (Lipinski definition) is 2. The van der Waals surface area contributed by atoms with E-state index in [0.29, 0.717) is 47.9 Å². The molecule has 0 aliphatic carbocycles. The standard InChI is InChI=1S/C54H44N2O4/c1-34-30-44(42-28-35(2)32-50(52(42)57)55-46-22-11-7-18-38(46)39-19-8-12-23-47(39)55)54(60-27-15-26-59-37-16-5-4-6-17-37)45(31-34)43-29-36(3)33-51(53(43)58)56-48-24-13-9-20-40(48)41-21-10-14-25-49(41)56/h4-14,16-25,28-33,57-58H,15,26-27H2,1-3H3. The molecule has 0 saturated heterocycles. The highest BCUT2D eigenvalue weighted by Gasteiger charge is 2.25. The third-order valence-corrected chi connectivity index (χ3v) is 11.5. The van der Waals surface area contributed by atoms with Crippen LogP contribution in [-0.4, -0.2) is 32.6 Å². The Morgan fingerprint density at radius 2 is 0.750 bits per heavy atom. The molecule has 2 N–H and O–H groups in total. The van der Waals surface area contributed by atoms with Crippen LogP contribution in [0.5, 0.6) is 23.0 Å². The summed E-state index contributed by atoms with van der Waals surface area (Å²) < 4.78 is 17.2. The minimum atomic E-state index is 0.139. The molecule has 0 aliphatic heterocycles. The molecule has 0 fully saturated rings. The predicted molar refractivity (Wildman–Crippen MR) is 246 cm³/mol. The van der Waals surface area contributed by atoms with Crippen molar-refractivity contribution >= 4 is 43.6 Å². The van der Waals surface area contributed by atoms with Crippen LogP contribution in [0.1, 0.15) is 23.1 Å². The lowest BCUT2D eigenvalue weighted by Crippen LogP contribution is -2.07. The van der Waals surface area contributed by atoms with Gasteiger partial charge in [-0.25, -0.2) is 0 Å². The molecular weight excluding hydrogens is 741 g/mol. The van der Waals surface area contributed by atoms with Crippen molar-refractivity contribution in [2.75, 3.05) is 13.2 Å². The van der Waals surface area contributed by atoms with Crippen LogP contribution >= 0.6 is 0 Å². The number of benzene rings is 8. The summed E-state index contributed by atoms with van der Waals surface area (Å²) in [4.78, 5) is 0. The molecule has 0 radical (unpaired) electrons. The molecule has 0 spiro atoms. The van der Waals surface area contributed by atoms with Gasteiger partial charge in [0.2, 0.25) is 0 Å². The van der Waals surface area contributed by atoms with Crippen LogP contribution in [0.15, 0.2) is 164 Å². The van der Waals surface area contributed by atoms with Crippen molar-refractivity contribution < 1.29 is 19.7 Å². The fraction of sp³-hybridized carbons (Fsp3) is 0.111. The Morgan fingerprint density at radius 1 is 0.400 bits per heavy atom. The Morgan fingerprint density at radius 3 is 1.18 bits per heavy atom. The first-order valence-electron chi connectivity index (χ1n) is 20.5. The second-order valence-corrected chi connectivity index (χ2v) is 15.7. The molecule has 2 heterocycles. The van der Waals surface area contributed by atoms with E-state index in [0.717, 1.165) is 77.2 Å². The highest BCUT2D eigenvalue weighted by Crippen LogP contribution is 2.49. The van der Waals surface area contributed by atoms with Gasteiger partial charge in [0, 0.05) is 50.2 Å². The molecule has 0 unspecified atom stereocenters. The molecule has 0 amide bonds. The fourth-order valence-corrected chi connectivity index (χ4v) is 8.90. The van der Waals surface area contributed by atoms with Gasteiger partial charge in [-0.1, -0.05) is 91.0 Å². The highest BCUT2D eigenvalue weighted by molar-refractivity contribution is 6.11. The molecule has 6 heteroatoms. The first-order chi connectivity index (χ1) is 29.4. The Hall–Kier alpha value is -7.44. The van der Waals surface area contributed by atoms with E-state index in [2.05, 4.69) is 108 Å². The number of phenols is 2. The SMILES string of the molecule is Cc1cc(-c2cc(C)cc(-n3c4ccccc4c4ccccc43)c2O)c(OCCCOc2ccccc2)c(-c2cc(C)cc(-n3c4ccccc4c4ccccc43)c2O)c1. The molecule has 60 heavy (non-hydrogen) atoms. The maximum absolute atomic E-state index is 12.6. The van der Waals surface area contributed by atoms with Crippen LogP contribution < -0.4 is 9.47 Å². The number of hydrogen-bond acceptors (Lipinski definition) is 4. The van der Waals surface area contributed by atoms with E-state index in [9.17, 15) is 10.2 Å². The third-order valence-electron chi connectivity index (χ3n) is 11.5. The second-order valence-electron chi connectivity index (χ2n) is 15.7. The minimum Gasteiger partial charge on any atom is -0.505 e. The topological polar surface area (TPSA) is 68.8 Å². The van der Waals surface area contributed by atoms with Gasteiger partial charge in [0.1, 0.15) is 23.0 Å². The zero-order valence-corrected chi connectivity index (χ0v) is 33.8. The summed E-state index contributed by atoms with van der Waals surface area (Å²) >= 11 is 0. The largest absolute Gasteiger partial charge is 0.505 e. The van der Waals surface area contributed by atoms with Crippen LogP contribution in [0.25, 0.3) is 77.2 Å². The lowest BCUT2D eigenvalue weighted by atomic mass is 9.91. The van der Waals surface area contributed by atoms with Gasteiger partial charge >= 0.3 is 0 Å². The van der Waals surface area contributed by atoms with Crippen LogP contribution in [0.3, 0.4) is 0 Å². The number of aryl methyl sites for hydroxylation is 3. The number of ether oxygens (including phenoxy) is 2. The summed E-state index contributed by atoms with van der Waals surface area (Å²) in [6, 6.07) is 55.3. The van der Waals surface area contributed by atoms with E-state index in [1.807, 2.05) is 85.8 Å². The average molecular weight is 785 g/mol. The van der Waals surface area contributed by atoms with Crippen LogP contribution in [-0.2, 0) is 0 Å². The van der Waals surface area contributed by atoms with E-state index in [-0.39, 0.29) is 11.5 Å². The van der Waals surface area contributed by atoms with E-state index in [1.165, 1.54) is 0 Å². The Balaban J connectivity index is 1.17. The zero-order chi connectivity index (χ0) is 40.9. The molecule has 0 saturated carbocycles. The van der Waals surface area contributed by atoms with Gasteiger partial charge in [-0.2, -0.15) is 0 Å². The summed E-state index contributed by atoms with van der Waals surface area (Å²) in [5.74, 6) is 1.66. The van der Waals surface area contributed by atoms with Crippen LogP contribution in [0, 0.1) is 20.8 Å². The van der Waals surface area contributed by atoms with Crippen LogP contribution in [0.4, 0.5) is 0 Å². The second kappa shape index (κ2) is 15.1. The zero-order valence-electron chi connectivity index (χ0n) is 33.8.